The number of hydrogen-bond donors (Lipinski definition) is 1. The summed E-state index contributed by atoms with van der Waals surface area (Å²) in [4.78, 5) is 4.49. The Morgan fingerprint density at radius 3 is 2.54 bits per heavy atom. The van der Waals surface area contributed by atoms with E-state index < -0.39 is 10.0 Å². The molecule has 0 saturated heterocycles. The number of aryl methyl sites for hydroxylation is 2. The number of aromatic nitrogens is 3. The second-order valence-electron chi connectivity index (χ2n) is 6.70. The molecule has 0 amide bonds. The Labute approximate surface area is 154 Å². The van der Waals surface area contributed by atoms with Crippen molar-refractivity contribution in [1.82, 2.24) is 19.5 Å². The first kappa shape index (κ1) is 18.8. The molecule has 0 unspecified atom stereocenters. The van der Waals surface area contributed by atoms with Gasteiger partial charge < -0.3 is 4.74 Å². The smallest absolute Gasteiger partial charge is 0.244 e. The minimum absolute atomic E-state index is 0.0765. The summed E-state index contributed by atoms with van der Waals surface area (Å²) in [6.07, 6.45) is 4.88. The molecule has 8 heteroatoms. The number of rotatable bonds is 6. The molecule has 7 nitrogen and oxygen atoms in total. The fourth-order valence-corrected chi connectivity index (χ4v) is 5.26. The number of nitrogens with zero attached hydrogens (tertiary/aromatic N) is 3. The first-order valence-electron chi connectivity index (χ1n) is 9.04. The summed E-state index contributed by atoms with van der Waals surface area (Å²) in [7, 11) is -3.57. The highest BCUT2D eigenvalue weighted by Gasteiger charge is 2.30. The van der Waals surface area contributed by atoms with Crippen molar-refractivity contribution in [3.05, 3.63) is 35.8 Å². The predicted molar refractivity (Wildman–Crippen MR) is 98.6 cm³/mol. The molecule has 0 aromatic carbocycles. The van der Waals surface area contributed by atoms with E-state index in [-0.39, 0.29) is 12.1 Å². The van der Waals surface area contributed by atoms with Crippen LogP contribution in [-0.2, 0) is 16.6 Å². The van der Waals surface area contributed by atoms with Gasteiger partial charge in [0.05, 0.1) is 11.4 Å². The van der Waals surface area contributed by atoms with Crippen LogP contribution >= 0.6 is 0 Å². The topological polar surface area (TPSA) is 86.1 Å². The van der Waals surface area contributed by atoms with E-state index in [1.807, 2.05) is 25.1 Å². The van der Waals surface area contributed by atoms with Crippen molar-refractivity contribution in [2.24, 2.45) is 0 Å². The van der Waals surface area contributed by atoms with Gasteiger partial charge in [-0.2, -0.15) is 5.10 Å². The number of sulfonamides is 1. The Morgan fingerprint density at radius 1 is 1.23 bits per heavy atom. The average molecular weight is 378 g/mol. The Morgan fingerprint density at radius 2 is 1.96 bits per heavy atom. The summed E-state index contributed by atoms with van der Waals surface area (Å²) in [6.45, 7) is 6.14. The number of nitrogens with one attached hydrogen (secondary N) is 1. The molecule has 1 saturated carbocycles. The highest BCUT2D eigenvalue weighted by molar-refractivity contribution is 7.89. The Balaban J connectivity index is 1.61. The van der Waals surface area contributed by atoms with Crippen molar-refractivity contribution in [2.45, 2.75) is 70.0 Å². The van der Waals surface area contributed by atoms with E-state index in [0.29, 0.717) is 28.7 Å². The summed E-state index contributed by atoms with van der Waals surface area (Å²) in [5, 5.41) is 4.32. The second-order valence-corrected chi connectivity index (χ2v) is 8.35. The summed E-state index contributed by atoms with van der Waals surface area (Å²) in [6, 6.07) is 5.50. The fraction of sp³-hybridized carbons (Fsp3) is 0.556. The van der Waals surface area contributed by atoms with E-state index in [2.05, 4.69) is 14.8 Å². The van der Waals surface area contributed by atoms with Gasteiger partial charge in [0, 0.05) is 24.8 Å². The highest BCUT2D eigenvalue weighted by atomic mass is 32.2. The number of pyridine rings is 1. The van der Waals surface area contributed by atoms with Crippen LogP contribution in [-0.4, -0.2) is 35.3 Å². The maximum atomic E-state index is 12.8. The standard InChI is InChI=1S/C18H26N4O3S/c1-4-22-14(3)18(13(2)20-22)26(23,24)21-15-8-10-16(11-9-15)25-17-7-5-6-12-19-17/h5-7,12,15-16,21H,4,8-11H2,1-3H3. The molecule has 2 aromatic heterocycles. The van der Waals surface area contributed by atoms with Crippen molar-refractivity contribution in [1.29, 1.82) is 0 Å². The van der Waals surface area contributed by atoms with Gasteiger partial charge in [-0.1, -0.05) is 6.07 Å². The maximum Gasteiger partial charge on any atom is 0.244 e. The summed E-state index contributed by atoms with van der Waals surface area (Å²) < 4.78 is 36.1. The van der Waals surface area contributed by atoms with Crippen LogP contribution in [0.3, 0.4) is 0 Å². The van der Waals surface area contributed by atoms with Crippen LogP contribution in [0.1, 0.15) is 44.0 Å². The predicted octanol–water partition coefficient (Wildman–Crippen LogP) is 2.58. The van der Waals surface area contributed by atoms with Crippen LogP contribution in [0.25, 0.3) is 0 Å². The van der Waals surface area contributed by atoms with E-state index in [1.54, 1.807) is 24.7 Å². The molecule has 3 rings (SSSR count). The number of ether oxygens (including phenoxy) is 1. The quantitative estimate of drug-likeness (QED) is 0.835. The van der Waals surface area contributed by atoms with Crippen molar-refractivity contribution in [3.63, 3.8) is 0 Å². The van der Waals surface area contributed by atoms with Crippen LogP contribution < -0.4 is 9.46 Å². The van der Waals surface area contributed by atoms with Gasteiger partial charge in [-0.15, -0.1) is 0 Å². The molecule has 142 valence electrons. The monoisotopic (exact) mass is 378 g/mol. The molecule has 0 atom stereocenters. The molecule has 0 aliphatic heterocycles. The Hall–Kier alpha value is -1.93. The molecule has 1 fully saturated rings. The maximum absolute atomic E-state index is 12.8. The van der Waals surface area contributed by atoms with Gasteiger partial charge in [-0.05, 0) is 52.5 Å². The molecule has 26 heavy (non-hydrogen) atoms. The lowest BCUT2D eigenvalue weighted by Gasteiger charge is -2.29. The van der Waals surface area contributed by atoms with Gasteiger partial charge in [-0.3, -0.25) is 4.68 Å². The lowest BCUT2D eigenvalue weighted by atomic mass is 9.94. The molecular weight excluding hydrogens is 352 g/mol. The SMILES string of the molecule is CCn1nc(C)c(S(=O)(=O)NC2CCC(Oc3ccccn3)CC2)c1C. The fourth-order valence-electron chi connectivity index (χ4n) is 3.54. The minimum Gasteiger partial charge on any atom is -0.474 e. The van der Waals surface area contributed by atoms with Crippen LogP contribution in [0.2, 0.25) is 0 Å². The third-order valence-electron chi connectivity index (χ3n) is 4.80. The molecule has 0 bridgehead atoms. The van der Waals surface area contributed by atoms with Crippen LogP contribution in [0.4, 0.5) is 0 Å². The highest BCUT2D eigenvalue weighted by Crippen LogP contribution is 2.25. The van der Waals surface area contributed by atoms with Crippen molar-refractivity contribution >= 4 is 10.0 Å². The van der Waals surface area contributed by atoms with Crippen LogP contribution in [0, 0.1) is 13.8 Å². The van der Waals surface area contributed by atoms with Crippen molar-refractivity contribution in [2.75, 3.05) is 0 Å². The van der Waals surface area contributed by atoms with Gasteiger partial charge in [0.1, 0.15) is 11.0 Å². The first-order valence-corrected chi connectivity index (χ1v) is 10.5. The summed E-state index contributed by atoms with van der Waals surface area (Å²) in [5.74, 6) is 0.620. The Kier molecular flexibility index (Phi) is 5.62. The zero-order valence-corrected chi connectivity index (χ0v) is 16.3. The Bertz CT molecular complexity index is 841. The van der Waals surface area contributed by atoms with Gasteiger partial charge in [0.15, 0.2) is 0 Å². The van der Waals surface area contributed by atoms with E-state index in [4.69, 9.17) is 4.74 Å². The molecular formula is C18H26N4O3S. The molecule has 2 heterocycles. The average Bonchev–Trinajstić information content (AvgIpc) is 2.91. The summed E-state index contributed by atoms with van der Waals surface area (Å²) >= 11 is 0. The molecule has 2 aromatic rings. The van der Waals surface area contributed by atoms with Gasteiger partial charge in [0.2, 0.25) is 15.9 Å². The third-order valence-corrected chi connectivity index (χ3v) is 6.58. The normalized spacial score (nSPS) is 20.9. The minimum atomic E-state index is -3.57. The molecule has 0 radical (unpaired) electrons. The van der Waals surface area contributed by atoms with E-state index in [0.717, 1.165) is 25.7 Å². The molecule has 1 aliphatic rings. The van der Waals surface area contributed by atoms with E-state index in [1.165, 1.54) is 0 Å². The second kappa shape index (κ2) is 7.75. The zero-order chi connectivity index (χ0) is 18.7. The molecule has 0 spiro atoms. The van der Waals surface area contributed by atoms with Crippen LogP contribution in [0.15, 0.2) is 29.3 Å². The molecule has 1 aliphatic carbocycles. The first-order chi connectivity index (χ1) is 12.4. The summed E-state index contributed by atoms with van der Waals surface area (Å²) in [5.41, 5.74) is 1.23. The zero-order valence-electron chi connectivity index (χ0n) is 15.5. The van der Waals surface area contributed by atoms with Crippen LogP contribution in [0.5, 0.6) is 5.88 Å². The van der Waals surface area contributed by atoms with Gasteiger partial charge in [0.25, 0.3) is 0 Å². The lowest BCUT2D eigenvalue weighted by molar-refractivity contribution is 0.138. The van der Waals surface area contributed by atoms with Gasteiger partial charge >= 0.3 is 0 Å². The van der Waals surface area contributed by atoms with Gasteiger partial charge in [-0.25, -0.2) is 18.1 Å². The number of hydrogen-bond acceptors (Lipinski definition) is 5. The largest absolute Gasteiger partial charge is 0.474 e. The van der Waals surface area contributed by atoms with Crippen molar-refractivity contribution in [3.8, 4) is 5.88 Å². The van der Waals surface area contributed by atoms with E-state index >= 15 is 0 Å². The molecule has 1 N–H and O–H groups in total. The van der Waals surface area contributed by atoms with E-state index in [9.17, 15) is 8.42 Å². The van der Waals surface area contributed by atoms with Crippen molar-refractivity contribution < 1.29 is 13.2 Å². The third kappa shape index (κ3) is 4.07. The lowest BCUT2D eigenvalue weighted by Crippen LogP contribution is -2.40.